The zero-order valence-electron chi connectivity index (χ0n) is 16.1. The standard InChI is InChI=1S/C23H20N4O3/c28-22(14-21-24-18-11-5-6-12-19(18)25-21)26-27-23(29)17-10-4-7-13-20(17)30-15-16-8-2-1-3-9-16/h1-13H,14-15H2,(H,24,25)(H,26,28)(H,27,29). The molecule has 4 aromatic rings. The van der Waals surface area contributed by atoms with E-state index < -0.39 is 5.91 Å². The monoisotopic (exact) mass is 400 g/mol. The van der Waals surface area contributed by atoms with Crippen molar-refractivity contribution < 1.29 is 14.3 Å². The van der Waals surface area contributed by atoms with Gasteiger partial charge in [-0.3, -0.25) is 20.4 Å². The highest BCUT2D eigenvalue weighted by Crippen LogP contribution is 2.19. The first-order valence-corrected chi connectivity index (χ1v) is 9.47. The molecule has 1 heterocycles. The Bertz CT molecular complexity index is 1140. The van der Waals surface area contributed by atoms with Crippen LogP contribution < -0.4 is 15.6 Å². The molecule has 0 atom stereocenters. The van der Waals surface area contributed by atoms with Crippen LogP contribution in [-0.2, 0) is 17.8 Å². The van der Waals surface area contributed by atoms with Crippen LogP contribution in [0.25, 0.3) is 11.0 Å². The molecule has 0 saturated carbocycles. The third-order valence-electron chi connectivity index (χ3n) is 4.45. The molecule has 0 saturated heterocycles. The fourth-order valence-electron chi connectivity index (χ4n) is 2.99. The van der Waals surface area contributed by atoms with Gasteiger partial charge in [-0.05, 0) is 29.8 Å². The second-order valence-electron chi connectivity index (χ2n) is 6.65. The van der Waals surface area contributed by atoms with Crippen LogP contribution >= 0.6 is 0 Å². The minimum absolute atomic E-state index is 0.0150. The number of nitrogens with zero attached hydrogens (tertiary/aromatic N) is 1. The Labute approximate surface area is 173 Å². The number of amides is 2. The predicted octanol–water partition coefficient (Wildman–Crippen LogP) is 3.15. The number of imidazole rings is 1. The van der Waals surface area contributed by atoms with Crippen LogP contribution in [0.1, 0.15) is 21.7 Å². The van der Waals surface area contributed by atoms with Crippen LogP contribution in [0.4, 0.5) is 0 Å². The maximum atomic E-state index is 12.5. The number of para-hydroxylation sites is 3. The molecule has 30 heavy (non-hydrogen) atoms. The molecule has 0 aliphatic heterocycles. The van der Waals surface area contributed by atoms with Crippen molar-refractivity contribution in [2.24, 2.45) is 0 Å². The maximum Gasteiger partial charge on any atom is 0.273 e. The van der Waals surface area contributed by atoms with Gasteiger partial charge in [0.05, 0.1) is 23.0 Å². The third kappa shape index (κ3) is 4.64. The van der Waals surface area contributed by atoms with Crippen molar-refractivity contribution in [2.75, 3.05) is 0 Å². The van der Waals surface area contributed by atoms with Gasteiger partial charge in [-0.1, -0.05) is 54.6 Å². The van der Waals surface area contributed by atoms with E-state index >= 15 is 0 Å². The minimum Gasteiger partial charge on any atom is -0.488 e. The molecule has 3 aromatic carbocycles. The Morgan fingerprint density at radius 1 is 0.867 bits per heavy atom. The van der Waals surface area contributed by atoms with Crippen molar-refractivity contribution in [1.82, 2.24) is 20.8 Å². The highest BCUT2D eigenvalue weighted by molar-refractivity contribution is 5.98. The number of hydrogen-bond donors (Lipinski definition) is 3. The number of aromatic amines is 1. The SMILES string of the molecule is O=C(Cc1nc2ccccc2[nH]1)NNC(=O)c1ccccc1OCc1ccccc1. The van der Waals surface area contributed by atoms with E-state index in [0.717, 1.165) is 16.6 Å². The molecular formula is C23H20N4O3. The molecule has 0 unspecified atom stereocenters. The van der Waals surface area contributed by atoms with E-state index in [9.17, 15) is 9.59 Å². The number of hydrazine groups is 1. The lowest BCUT2D eigenvalue weighted by Crippen LogP contribution is -2.42. The van der Waals surface area contributed by atoms with Crippen LogP contribution in [0.15, 0.2) is 78.9 Å². The molecule has 2 amide bonds. The summed E-state index contributed by atoms with van der Waals surface area (Å²) in [5, 5.41) is 0. The summed E-state index contributed by atoms with van der Waals surface area (Å²) in [6.45, 7) is 0.337. The molecule has 4 rings (SSSR count). The number of ether oxygens (including phenoxy) is 1. The van der Waals surface area contributed by atoms with Crippen LogP contribution in [-0.4, -0.2) is 21.8 Å². The van der Waals surface area contributed by atoms with E-state index in [1.165, 1.54) is 0 Å². The number of hydrogen-bond acceptors (Lipinski definition) is 4. The molecular weight excluding hydrogens is 380 g/mol. The molecule has 0 spiro atoms. The van der Waals surface area contributed by atoms with Crippen molar-refractivity contribution in [3.05, 3.63) is 95.8 Å². The maximum absolute atomic E-state index is 12.5. The molecule has 0 bridgehead atoms. The fraction of sp³-hybridized carbons (Fsp3) is 0.0870. The van der Waals surface area contributed by atoms with Crippen LogP contribution in [0, 0.1) is 0 Å². The Morgan fingerprint density at radius 3 is 2.43 bits per heavy atom. The van der Waals surface area contributed by atoms with Gasteiger partial charge in [-0.2, -0.15) is 0 Å². The normalized spacial score (nSPS) is 10.5. The van der Waals surface area contributed by atoms with Crippen LogP contribution in [0.3, 0.4) is 0 Å². The number of fused-ring (bicyclic) bond motifs is 1. The van der Waals surface area contributed by atoms with E-state index in [1.807, 2.05) is 54.6 Å². The number of nitrogens with one attached hydrogen (secondary N) is 3. The number of aromatic nitrogens is 2. The van der Waals surface area contributed by atoms with Crippen molar-refractivity contribution in [1.29, 1.82) is 0 Å². The zero-order chi connectivity index (χ0) is 20.8. The summed E-state index contributed by atoms with van der Waals surface area (Å²) < 4.78 is 5.79. The van der Waals surface area contributed by atoms with E-state index in [-0.39, 0.29) is 12.3 Å². The van der Waals surface area contributed by atoms with Gasteiger partial charge in [0, 0.05) is 0 Å². The Morgan fingerprint density at radius 2 is 1.60 bits per heavy atom. The Kier molecular flexibility index (Phi) is 5.70. The number of benzene rings is 3. The zero-order valence-corrected chi connectivity index (χ0v) is 16.1. The lowest BCUT2D eigenvalue weighted by Gasteiger charge is -2.12. The third-order valence-corrected chi connectivity index (χ3v) is 4.45. The van der Waals surface area contributed by atoms with Gasteiger partial charge < -0.3 is 9.72 Å². The lowest BCUT2D eigenvalue weighted by molar-refractivity contribution is -0.121. The quantitative estimate of drug-likeness (QED) is 0.433. The Hall–Kier alpha value is -4.13. The number of rotatable bonds is 6. The molecule has 1 aromatic heterocycles. The van der Waals surface area contributed by atoms with E-state index in [2.05, 4.69) is 20.8 Å². The summed E-state index contributed by atoms with van der Waals surface area (Å²) in [6, 6.07) is 24.1. The van der Waals surface area contributed by atoms with Crippen LogP contribution in [0.5, 0.6) is 5.75 Å². The van der Waals surface area contributed by atoms with E-state index in [1.54, 1.807) is 24.3 Å². The molecule has 7 nitrogen and oxygen atoms in total. The van der Waals surface area contributed by atoms with Gasteiger partial charge in [-0.25, -0.2) is 4.98 Å². The second-order valence-corrected chi connectivity index (χ2v) is 6.65. The smallest absolute Gasteiger partial charge is 0.273 e. The number of carbonyl (C=O) groups is 2. The van der Waals surface area contributed by atoms with E-state index in [4.69, 9.17) is 4.74 Å². The van der Waals surface area contributed by atoms with Gasteiger partial charge in [0.1, 0.15) is 18.2 Å². The molecule has 150 valence electrons. The molecule has 7 heteroatoms. The van der Waals surface area contributed by atoms with Gasteiger partial charge >= 0.3 is 0 Å². The fourth-order valence-corrected chi connectivity index (χ4v) is 2.99. The van der Waals surface area contributed by atoms with Crippen molar-refractivity contribution in [2.45, 2.75) is 13.0 Å². The molecule has 3 N–H and O–H groups in total. The van der Waals surface area contributed by atoms with Crippen molar-refractivity contribution in [3.63, 3.8) is 0 Å². The van der Waals surface area contributed by atoms with Crippen LogP contribution in [0.2, 0.25) is 0 Å². The number of H-pyrrole nitrogens is 1. The molecule has 0 fully saturated rings. The molecule has 0 radical (unpaired) electrons. The van der Waals surface area contributed by atoms with Gasteiger partial charge in [0.25, 0.3) is 5.91 Å². The average molecular weight is 400 g/mol. The first-order valence-electron chi connectivity index (χ1n) is 9.47. The minimum atomic E-state index is -0.461. The Balaban J connectivity index is 1.35. The summed E-state index contributed by atoms with van der Waals surface area (Å²) in [5.41, 5.74) is 7.82. The topological polar surface area (TPSA) is 96.1 Å². The first kappa shape index (κ1) is 19.2. The van der Waals surface area contributed by atoms with E-state index in [0.29, 0.717) is 23.7 Å². The highest BCUT2D eigenvalue weighted by Gasteiger charge is 2.14. The lowest BCUT2D eigenvalue weighted by atomic mass is 10.2. The second kappa shape index (κ2) is 8.91. The van der Waals surface area contributed by atoms with Crippen molar-refractivity contribution in [3.8, 4) is 5.75 Å². The summed E-state index contributed by atoms with van der Waals surface area (Å²) in [6.07, 6.45) is 0.0150. The average Bonchev–Trinajstić information content (AvgIpc) is 3.19. The predicted molar refractivity (Wildman–Crippen MR) is 113 cm³/mol. The van der Waals surface area contributed by atoms with Gasteiger partial charge in [0.2, 0.25) is 5.91 Å². The largest absolute Gasteiger partial charge is 0.488 e. The summed E-state index contributed by atoms with van der Waals surface area (Å²) in [4.78, 5) is 32.2. The summed E-state index contributed by atoms with van der Waals surface area (Å²) >= 11 is 0. The number of carbonyl (C=O) groups excluding carboxylic acids is 2. The molecule has 0 aliphatic carbocycles. The van der Waals surface area contributed by atoms with Gasteiger partial charge in [0.15, 0.2) is 0 Å². The van der Waals surface area contributed by atoms with Gasteiger partial charge in [-0.15, -0.1) is 0 Å². The molecule has 0 aliphatic rings. The summed E-state index contributed by atoms with van der Waals surface area (Å²) in [7, 11) is 0. The first-order chi connectivity index (χ1) is 14.7. The highest BCUT2D eigenvalue weighted by atomic mass is 16.5. The summed E-state index contributed by atoms with van der Waals surface area (Å²) in [5.74, 6) is 0.113. The van der Waals surface area contributed by atoms with Crippen molar-refractivity contribution >= 4 is 22.8 Å².